The van der Waals surface area contributed by atoms with Crippen molar-refractivity contribution in [2.75, 3.05) is 40.9 Å². The lowest BCUT2D eigenvalue weighted by Crippen LogP contribution is -2.45. The van der Waals surface area contributed by atoms with Crippen molar-refractivity contribution in [1.82, 2.24) is 5.32 Å². The zero-order valence-electron chi connectivity index (χ0n) is 30.6. The molecule has 0 heterocycles. The van der Waals surface area contributed by atoms with Gasteiger partial charge in [0.15, 0.2) is 0 Å². The number of carbonyl (C=O) groups is 1. The van der Waals surface area contributed by atoms with Gasteiger partial charge in [-0.05, 0) is 44.9 Å². The number of unbranched alkanes of at least 4 members (excludes halogenated alkanes) is 18. The van der Waals surface area contributed by atoms with Crippen molar-refractivity contribution in [1.29, 1.82) is 0 Å². The monoisotopic (exact) mass is 674 g/mol. The van der Waals surface area contributed by atoms with Gasteiger partial charge in [-0.3, -0.25) is 13.8 Å². The van der Waals surface area contributed by atoms with Gasteiger partial charge in [0.05, 0.1) is 39.9 Å². The Labute approximate surface area is 284 Å². The van der Waals surface area contributed by atoms with Crippen LogP contribution in [0.4, 0.5) is 0 Å². The van der Waals surface area contributed by atoms with Gasteiger partial charge in [0, 0.05) is 6.42 Å². The van der Waals surface area contributed by atoms with Crippen LogP contribution in [0.2, 0.25) is 0 Å². The molecule has 0 aliphatic carbocycles. The zero-order chi connectivity index (χ0) is 34.4. The summed E-state index contributed by atoms with van der Waals surface area (Å²) in [5, 5.41) is 13.6. The highest BCUT2D eigenvalue weighted by Crippen LogP contribution is 2.43. The highest BCUT2D eigenvalue weighted by atomic mass is 31.2. The number of aliphatic hydroxyl groups excluding tert-OH is 1. The Balaban J connectivity index is 4.30. The highest BCUT2D eigenvalue weighted by Gasteiger charge is 2.27. The zero-order valence-corrected chi connectivity index (χ0v) is 31.5. The lowest BCUT2D eigenvalue weighted by Gasteiger charge is -2.25. The van der Waals surface area contributed by atoms with Crippen molar-refractivity contribution in [2.45, 2.75) is 167 Å². The molecule has 0 saturated carbocycles. The van der Waals surface area contributed by atoms with E-state index >= 15 is 0 Å². The van der Waals surface area contributed by atoms with Crippen LogP contribution in [0.3, 0.4) is 0 Å². The molecule has 3 unspecified atom stereocenters. The molecular weight excluding hydrogens is 599 g/mol. The van der Waals surface area contributed by atoms with E-state index in [1.54, 1.807) is 6.08 Å². The van der Waals surface area contributed by atoms with Crippen LogP contribution in [0, 0.1) is 0 Å². The van der Waals surface area contributed by atoms with E-state index in [0.717, 1.165) is 44.9 Å². The number of nitrogens with one attached hydrogen (secondary N) is 1. The second-order valence-electron chi connectivity index (χ2n) is 13.9. The van der Waals surface area contributed by atoms with E-state index in [1.807, 2.05) is 27.2 Å². The minimum Gasteiger partial charge on any atom is -0.387 e. The molecule has 272 valence electrons. The summed E-state index contributed by atoms with van der Waals surface area (Å²) < 4.78 is 23.3. The maximum atomic E-state index is 12.7. The molecule has 0 aliphatic rings. The number of rotatable bonds is 33. The Morgan fingerprint density at radius 1 is 0.717 bits per heavy atom. The third-order valence-corrected chi connectivity index (χ3v) is 9.15. The molecular formula is C37H74N2O6P+. The molecule has 0 aromatic rings. The van der Waals surface area contributed by atoms with Gasteiger partial charge >= 0.3 is 7.82 Å². The fourth-order valence-corrected chi connectivity index (χ4v) is 5.83. The minimum absolute atomic E-state index is 0.0604. The largest absolute Gasteiger partial charge is 0.472 e. The fourth-order valence-electron chi connectivity index (χ4n) is 5.09. The lowest BCUT2D eigenvalue weighted by atomic mass is 10.1. The molecule has 0 radical (unpaired) electrons. The number of quaternary nitrogens is 1. The van der Waals surface area contributed by atoms with Crippen molar-refractivity contribution >= 4 is 13.7 Å². The van der Waals surface area contributed by atoms with Crippen LogP contribution >= 0.6 is 7.82 Å². The van der Waals surface area contributed by atoms with Gasteiger partial charge in [-0.15, -0.1) is 0 Å². The number of phosphoric acid groups is 1. The van der Waals surface area contributed by atoms with E-state index in [1.165, 1.54) is 89.9 Å². The van der Waals surface area contributed by atoms with Crippen molar-refractivity contribution in [3.05, 3.63) is 24.3 Å². The van der Waals surface area contributed by atoms with E-state index in [-0.39, 0.29) is 19.1 Å². The van der Waals surface area contributed by atoms with Gasteiger partial charge in [-0.2, -0.15) is 0 Å². The van der Waals surface area contributed by atoms with Crippen LogP contribution in [-0.4, -0.2) is 73.4 Å². The molecule has 0 aromatic carbocycles. The number of nitrogens with zero attached hydrogens (tertiary/aromatic N) is 1. The van der Waals surface area contributed by atoms with E-state index in [9.17, 15) is 19.4 Å². The van der Waals surface area contributed by atoms with Gasteiger partial charge < -0.3 is 19.8 Å². The summed E-state index contributed by atoms with van der Waals surface area (Å²) >= 11 is 0. The first-order chi connectivity index (χ1) is 22.0. The van der Waals surface area contributed by atoms with Gasteiger partial charge in [0.25, 0.3) is 0 Å². The standard InChI is InChI=1S/C37H73N2O6P/c1-6-8-10-12-14-15-16-17-18-19-20-21-22-23-24-25-27-29-31-37(41)38-35(36(40)30-28-26-13-11-9-7-2)34-45-46(42,43)44-33-32-39(3,4)5/h18-19,28,30,35-36,40H,6-17,20-27,29,31-34H2,1-5H3,(H-,38,41,42,43)/p+1/b19-18-,30-28+. The second kappa shape index (κ2) is 30.1. The van der Waals surface area contributed by atoms with Gasteiger partial charge in [-0.25, -0.2) is 4.57 Å². The maximum Gasteiger partial charge on any atom is 0.472 e. The molecule has 0 fully saturated rings. The third-order valence-electron chi connectivity index (χ3n) is 8.17. The van der Waals surface area contributed by atoms with Gasteiger partial charge in [-0.1, -0.05) is 128 Å². The summed E-state index contributed by atoms with van der Waals surface area (Å²) in [5.41, 5.74) is 0. The second-order valence-corrected chi connectivity index (χ2v) is 15.4. The van der Waals surface area contributed by atoms with E-state index < -0.39 is 20.0 Å². The number of allylic oxidation sites excluding steroid dienone is 3. The molecule has 9 heteroatoms. The number of hydrogen-bond donors (Lipinski definition) is 3. The summed E-state index contributed by atoms with van der Waals surface area (Å²) in [6.45, 7) is 4.71. The summed E-state index contributed by atoms with van der Waals surface area (Å²) in [6.07, 6.45) is 32.7. The Kier molecular flexibility index (Phi) is 29.4. The first-order valence-corrected chi connectivity index (χ1v) is 20.2. The average molecular weight is 674 g/mol. The normalized spacial score (nSPS) is 15.0. The first-order valence-electron chi connectivity index (χ1n) is 18.7. The molecule has 3 N–H and O–H groups in total. The van der Waals surface area contributed by atoms with E-state index in [0.29, 0.717) is 17.4 Å². The molecule has 0 saturated heterocycles. The number of likely N-dealkylation sites (N-methyl/N-ethyl adjacent to an activating group) is 1. The SMILES string of the molecule is CCCCCC/C=C/C(O)C(COP(=O)(O)OCC[N+](C)(C)C)NC(=O)CCCCCCCCC/C=C\CCCCCCCCC. The fraction of sp³-hybridized carbons (Fsp3) is 0.865. The molecule has 0 aliphatic heterocycles. The number of aliphatic hydroxyl groups is 1. The van der Waals surface area contributed by atoms with Gasteiger partial charge in [0.2, 0.25) is 5.91 Å². The molecule has 0 bridgehead atoms. The van der Waals surface area contributed by atoms with E-state index in [4.69, 9.17) is 9.05 Å². The number of hydrogen-bond acceptors (Lipinski definition) is 5. The van der Waals surface area contributed by atoms with Crippen LogP contribution in [0.15, 0.2) is 24.3 Å². The van der Waals surface area contributed by atoms with E-state index in [2.05, 4.69) is 31.3 Å². The predicted octanol–water partition coefficient (Wildman–Crippen LogP) is 9.41. The Morgan fingerprint density at radius 3 is 1.70 bits per heavy atom. The average Bonchev–Trinajstić information content (AvgIpc) is 2.99. The summed E-state index contributed by atoms with van der Waals surface area (Å²) in [5.74, 6) is -0.189. The molecule has 0 aromatic heterocycles. The molecule has 3 atom stereocenters. The summed E-state index contributed by atoms with van der Waals surface area (Å²) in [7, 11) is 1.56. The van der Waals surface area contributed by atoms with Crippen LogP contribution in [0.1, 0.15) is 155 Å². The highest BCUT2D eigenvalue weighted by molar-refractivity contribution is 7.47. The van der Waals surface area contributed by atoms with Crippen LogP contribution < -0.4 is 5.32 Å². The number of carbonyl (C=O) groups excluding carboxylic acids is 1. The van der Waals surface area contributed by atoms with Crippen molar-refractivity contribution < 1.29 is 32.9 Å². The molecule has 8 nitrogen and oxygen atoms in total. The molecule has 1 amide bonds. The smallest absolute Gasteiger partial charge is 0.387 e. The maximum absolute atomic E-state index is 12.7. The lowest BCUT2D eigenvalue weighted by molar-refractivity contribution is -0.870. The van der Waals surface area contributed by atoms with Crippen molar-refractivity contribution in [2.24, 2.45) is 0 Å². The van der Waals surface area contributed by atoms with Crippen molar-refractivity contribution in [3.8, 4) is 0 Å². The van der Waals surface area contributed by atoms with Crippen LogP contribution in [0.25, 0.3) is 0 Å². The topological polar surface area (TPSA) is 105 Å². The number of amides is 1. The molecule has 46 heavy (non-hydrogen) atoms. The Hall–Kier alpha value is -1.02. The quantitative estimate of drug-likeness (QED) is 0.0278. The predicted molar refractivity (Wildman–Crippen MR) is 194 cm³/mol. The summed E-state index contributed by atoms with van der Waals surface area (Å²) in [6, 6.07) is -0.841. The molecule has 0 rings (SSSR count). The van der Waals surface area contributed by atoms with Gasteiger partial charge in [0.1, 0.15) is 13.2 Å². The van der Waals surface area contributed by atoms with Crippen molar-refractivity contribution in [3.63, 3.8) is 0 Å². The first kappa shape index (κ1) is 45.0. The summed E-state index contributed by atoms with van der Waals surface area (Å²) in [4.78, 5) is 22.8. The van der Waals surface area contributed by atoms with Crippen LogP contribution in [0.5, 0.6) is 0 Å². The molecule has 0 spiro atoms. The van der Waals surface area contributed by atoms with Crippen LogP contribution in [-0.2, 0) is 18.4 Å². The minimum atomic E-state index is -4.32. The Bertz CT molecular complexity index is 814. The number of phosphoric ester groups is 1. The Morgan fingerprint density at radius 2 is 1.17 bits per heavy atom. The third kappa shape index (κ3) is 31.6.